The van der Waals surface area contributed by atoms with Gasteiger partial charge in [-0.05, 0) is 44.7 Å². The Morgan fingerprint density at radius 2 is 1.60 bits per heavy atom. The molecule has 5 nitrogen and oxygen atoms in total. The van der Waals surface area contributed by atoms with Gasteiger partial charge in [0, 0.05) is 13.1 Å². The molecule has 1 saturated carbocycles. The van der Waals surface area contributed by atoms with Gasteiger partial charge in [-0.3, -0.25) is 9.10 Å². The molecule has 0 heterocycles. The highest BCUT2D eigenvalue weighted by Crippen LogP contribution is 2.29. The van der Waals surface area contributed by atoms with Crippen molar-refractivity contribution in [3.05, 3.63) is 28.8 Å². The summed E-state index contributed by atoms with van der Waals surface area (Å²) in [5, 5.41) is 0. The molecule has 1 aromatic rings. The van der Waals surface area contributed by atoms with Crippen LogP contribution >= 0.6 is 0 Å². The molecule has 0 bridgehead atoms. The van der Waals surface area contributed by atoms with Crippen LogP contribution in [-0.2, 0) is 14.8 Å². The van der Waals surface area contributed by atoms with Crippen molar-refractivity contribution in [2.24, 2.45) is 0 Å². The van der Waals surface area contributed by atoms with E-state index in [0.717, 1.165) is 42.4 Å². The van der Waals surface area contributed by atoms with Crippen molar-refractivity contribution in [3.8, 4) is 0 Å². The van der Waals surface area contributed by atoms with Crippen LogP contribution in [0, 0.1) is 20.8 Å². The normalized spacial score (nSPS) is 15.9. The molecule has 1 amide bonds. The molecule has 0 N–H and O–H groups in total. The predicted octanol–water partition coefficient (Wildman–Crippen LogP) is 3.17. The van der Waals surface area contributed by atoms with Crippen LogP contribution in [0.4, 0.5) is 5.69 Å². The van der Waals surface area contributed by atoms with E-state index in [0.29, 0.717) is 5.69 Å². The fourth-order valence-corrected chi connectivity index (χ4v) is 4.80. The van der Waals surface area contributed by atoms with E-state index in [1.54, 1.807) is 11.9 Å². The Hall–Kier alpha value is -1.56. The van der Waals surface area contributed by atoms with Gasteiger partial charge in [-0.1, -0.05) is 37.0 Å². The highest BCUT2D eigenvalue weighted by Gasteiger charge is 2.28. The molecule has 25 heavy (non-hydrogen) atoms. The average molecular weight is 367 g/mol. The van der Waals surface area contributed by atoms with E-state index in [1.807, 2.05) is 32.9 Å². The number of anilines is 1. The van der Waals surface area contributed by atoms with Gasteiger partial charge in [-0.15, -0.1) is 0 Å². The molecule has 1 aliphatic carbocycles. The monoisotopic (exact) mass is 366 g/mol. The summed E-state index contributed by atoms with van der Waals surface area (Å²) in [6, 6.07) is 4.13. The number of hydrogen-bond acceptors (Lipinski definition) is 3. The first kappa shape index (κ1) is 19.8. The third-order valence-electron chi connectivity index (χ3n) is 5.08. The van der Waals surface area contributed by atoms with E-state index in [2.05, 4.69) is 0 Å². The smallest absolute Gasteiger partial charge is 0.243 e. The van der Waals surface area contributed by atoms with Crippen LogP contribution in [0.25, 0.3) is 0 Å². The standard InChI is InChI=1S/C19H30N2O3S/c1-14-11-15(2)19(16(3)12-14)21(25(5,23)24)13-18(22)20(4)17-9-7-6-8-10-17/h11-12,17H,6-10,13H2,1-5H3. The van der Waals surface area contributed by atoms with Crippen molar-refractivity contribution >= 4 is 21.6 Å². The SMILES string of the molecule is Cc1cc(C)c(N(CC(=O)N(C)C2CCCCC2)S(C)(=O)=O)c(C)c1. The van der Waals surface area contributed by atoms with Crippen molar-refractivity contribution < 1.29 is 13.2 Å². The Labute approximate surface area is 152 Å². The second-order valence-corrected chi connectivity index (χ2v) is 9.22. The van der Waals surface area contributed by atoms with Crippen molar-refractivity contribution in [1.82, 2.24) is 4.90 Å². The van der Waals surface area contributed by atoms with E-state index in [4.69, 9.17) is 0 Å². The molecule has 1 fully saturated rings. The lowest BCUT2D eigenvalue weighted by Crippen LogP contribution is -2.46. The zero-order valence-corrected chi connectivity index (χ0v) is 16.8. The predicted molar refractivity (Wildman–Crippen MR) is 102 cm³/mol. The fourth-order valence-electron chi connectivity index (χ4n) is 3.83. The zero-order valence-electron chi connectivity index (χ0n) is 16.0. The van der Waals surface area contributed by atoms with Crippen molar-refractivity contribution in [1.29, 1.82) is 0 Å². The molecular weight excluding hydrogens is 336 g/mol. The summed E-state index contributed by atoms with van der Waals surface area (Å²) in [5.41, 5.74) is 3.45. The second-order valence-electron chi connectivity index (χ2n) is 7.31. The van der Waals surface area contributed by atoms with E-state index < -0.39 is 10.0 Å². The number of sulfonamides is 1. The van der Waals surface area contributed by atoms with Crippen LogP contribution in [0.5, 0.6) is 0 Å². The lowest BCUT2D eigenvalue weighted by Gasteiger charge is -2.33. The topological polar surface area (TPSA) is 57.7 Å². The van der Waals surface area contributed by atoms with Gasteiger partial charge in [0.05, 0.1) is 11.9 Å². The summed E-state index contributed by atoms with van der Waals surface area (Å²) in [6.07, 6.45) is 6.66. The molecule has 0 radical (unpaired) electrons. The second kappa shape index (κ2) is 7.77. The number of benzene rings is 1. The fraction of sp³-hybridized carbons (Fsp3) is 0.632. The molecule has 2 rings (SSSR count). The Morgan fingerprint density at radius 3 is 2.08 bits per heavy atom. The first-order chi connectivity index (χ1) is 11.6. The molecule has 0 aromatic heterocycles. The molecule has 0 unspecified atom stereocenters. The van der Waals surface area contributed by atoms with Crippen LogP contribution in [0.15, 0.2) is 12.1 Å². The van der Waals surface area contributed by atoms with E-state index in [1.165, 1.54) is 17.0 Å². The minimum atomic E-state index is -3.55. The van der Waals surface area contributed by atoms with E-state index in [-0.39, 0.29) is 18.5 Å². The van der Waals surface area contributed by atoms with Gasteiger partial charge in [0.15, 0.2) is 0 Å². The van der Waals surface area contributed by atoms with Crippen LogP contribution in [0.3, 0.4) is 0 Å². The molecule has 0 spiro atoms. The summed E-state index contributed by atoms with van der Waals surface area (Å²) >= 11 is 0. The van der Waals surface area contributed by atoms with Crippen molar-refractivity contribution in [3.63, 3.8) is 0 Å². The molecule has 1 aromatic carbocycles. The number of likely N-dealkylation sites (N-methyl/N-ethyl adjacent to an activating group) is 1. The van der Waals surface area contributed by atoms with Crippen LogP contribution in [0.2, 0.25) is 0 Å². The average Bonchev–Trinajstić information content (AvgIpc) is 2.52. The Kier molecular flexibility index (Phi) is 6.14. The molecule has 0 atom stereocenters. The number of amides is 1. The third-order valence-corrected chi connectivity index (χ3v) is 6.19. The number of carbonyl (C=O) groups is 1. The molecule has 6 heteroatoms. The molecule has 0 aliphatic heterocycles. The van der Waals surface area contributed by atoms with Gasteiger partial charge in [0.2, 0.25) is 15.9 Å². The number of hydrogen-bond donors (Lipinski definition) is 0. The third kappa shape index (κ3) is 4.75. The number of aryl methyl sites for hydroxylation is 3. The maximum atomic E-state index is 12.8. The van der Waals surface area contributed by atoms with Gasteiger partial charge in [0.25, 0.3) is 0 Å². The first-order valence-electron chi connectivity index (χ1n) is 8.92. The molecule has 1 aliphatic rings. The van der Waals surface area contributed by atoms with Crippen LogP contribution < -0.4 is 4.31 Å². The highest BCUT2D eigenvalue weighted by atomic mass is 32.2. The van der Waals surface area contributed by atoms with Gasteiger partial charge >= 0.3 is 0 Å². The molecule has 0 saturated heterocycles. The minimum Gasteiger partial charge on any atom is -0.341 e. The Bertz CT molecular complexity index is 714. The summed E-state index contributed by atoms with van der Waals surface area (Å²) < 4.78 is 26.1. The lowest BCUT2D eigenvalue weighted by molar-refractivity contribution is -0.130. The minimum absolute atomic E-state index is 0.142. The van der Waals surface area contributed by atoms with E-state index >= 15 is 0 Å². The van der Waals surface area contributed by atoms with Gasteiger partial charge < -0.3 is 4.90 Å². The number of nitrogens with zero attached hydrogens (tertiary/aromatic N) is 2. The first-order valence-corrected chi connectivity index (χ1v) is 10.8. The van der Waals surface area contributed by atoms with Crippen LogP contribution in [0.1, 0.15) is 48.8 Å². The maximum absolute atomic E-state index is 12.8. The molecule has 140 valence electrons. The summed E-state index contributed by atoms with van der Waals surface area (Å²) in [5.74, 6) is -0.142. The van der Waals surface area contributed by atoms with Crippen molar-refractivity contribution in [2.45, 2.75) is 58.9 Å². The Morgan fingerprint density at radius 1 is 1.08 bits per heavy atom. The summed E-state index contributed by atoms with van der Waals surface area (Å²) in [4.78, 5) is 14.5. The number of carbonyl (C=O) groups excluding carboxylic acids is 1. The summed E-state index contributed by atoms with van der Waals surface area (Å²) in [7, 11) is -1.75. The highest BCUT2D eigenvalue weighted by molar-refractivity contribution is 7.92. The van der Waals surface area contributed by atoms with Crippen molar-refractivity contribution in [2.75, 3.05) is 24.2 Å². The van der Waals surface area contributed by atoms with Gasteiger partial charge in [0.1, 0.15) is 6.54 Å². The maximum Gasteiger partial charge on any atom is 0.243 e. The number of rotatable bonds is 5. The van der Waals surface area contributed by atoms with E-state index in [9.17, 15) is 13.2 Å². The summed E-state index contributed by atoms with van der Waals surface area (Å²) in [6.45, 7) is 5.62. The van der Waals surface area contributed by atoms with Gasteiger partial charge in [-0.25, -0.2) is 8.42 Å². The largest absolute Gasteiger partial charge is 0.341 e. The van der Waals surface area contributed by atoms with Crippen LogP contribution in [-0.4, -0.2) is 45.1 Å². The quantitative estimate of drug-likeness (QED) is 0.804. The Balaban J connectivity index is 2.29. The zero-order chi connectivity index (χ0) is 18.8. The van der Waals surface area contributed by atoms with Gasteiger partial charge in [-0.2, -0.15) is 0 Å². The lowest BCUT2D eigenvalue weighted by atomic mass is 9.94. The molecular formula is C19H30N2O3S.